The van der Waals surface area contributed by atoms with Gasteiger partial charge in [-0.05, 0) is 36.2 Å². The van der Waals surface area contributed by atoms with Gasteiger partial charge in [-0.3, -0.25) is 4.72 Å². The van der Waals surface area contributed by atoms with Crippen LogP contribution >= 0.6 is 22.9 Å². The van der Waals surface area contributed by atoms with Gasteiger partial charge in [-0.1, -0.05) is 18.5 Å². The lowest BCUT2D eigenvalue weighted by atomic mass is 10.3. The molecule has 0 bridgehead atoms. The Morgan fingerprint density at radius 3 is 2.81 bits per heavy atom. The van der Waals surface area contributed by atoms with Crippen LogP contribution in [0, 0.1) is 5.82 Å². The molecule has 0 unspecified atom stereocenters. The lowest BCUT2D eigenvalue weighted by Gasteiger charge is -2.10. The van der Waals surface area contributed by atoms with Crippen molar-refractivity contribution in [2.24, 2.45) is 0 Å². The molecule has 0 spiro atoms. The van der Waals surface area contributed by atoms with Crippen LogP contribution in [0.2, 0.25) is 5.02 Å². The molecular weight excluding hydrogens is 335 g/mol. The summed E-state index contributed by atoms with van der Waals surface area (Å²) in [5.41, 5.74) is -0.164. The largest absolute Gasteiger partial charge is 0.312 e. The van der Waals surface area contributed by atoms with Crippen molar-refractivity contribution >= 4 is 38.6 Å². The number of sulfonamides is 1. The molecule has 21 heavy (non-hydrogen) atoms. The highest BCUT2D eigenvalue weighted by Gasteiger charge is 2.21. The standard InChI is InChI=1S/C13H14ClFN2O2S2/c1-2-16-8-12-13(5-6-20-12)21(18,19)17-11-7-9(14)3-4-10(11)15/h3-7,16-17H,2,8H2,1H3. The topological polar surface area (TPSA) is 58.2 Å². The van der Waals surface area contributed by atoms with Gasteiger partial charge in [0.25, 0.3) is 10.0 Å². The molecule has 0 fully saturated rings. The number of anilines is 1. The van der Waals surface area contributed by atoms with Crippen LogP contribution in [0.4, 0.5) is 10.1 Å². The molecule has 0 saturated heterocycles. The fourth-order valence-corrected chi connectivity index (χ4v) is 4.36. The zero-order valence-corrected chi connectivity index (χ0v) is 13.6. The van der Waals surface area contributed by atoms with Gasteiger partial charge in [-0.25, -0.2) is 12.8 Å². The lowest BCUT2D eigenvalue weighted by molar-refractivity contribution is 0.597. The van der Waals surface area contributed by atoms with Gasteiger partial charge >= 0.3 is 0 Å². The molecule has 4 nitrogen and oxygen atoms in total. The molecule has 0 amide bonds. The first-order valence-electron chi connectivity index (χ1n) is 6.19. The fourth-order valence-electron chi connectivity index (χ4n) is 1.71. The van der Waals surface area contributed by atoms with E-state index in [1.54, 1.807) is 5.38 Å². The SMILES string of the molecule is CCNCc1sccc1S(=O)(=O)Nc1cc(Cl)ccc1F. The molecular formula is C13H14ClFN2O2S2. The normalized spacial score (nSPS) is 11.6. The molecule has 1 heterocycles. The molecule has 2 rings (SSSR count). The molecule has 2 N–H and O–H groups in total. The number of rotatable bonds is 6. The maximum absolute atomic E-state index is 13.6. The summed E-state index contributed by atoms with van der Waals surface area (Å²) in [4.78, 5) is 0.819. The van der Waals surface area contributed by atoms with E-state index in [9.17, 15) is 12.8 Å². The number of halogens is 2. The minimum Gasteiger partial charge on any atom is -0.312 e. The van der Waals surface area contributed by atoms with E-state index in [2.05, 4.69) is 10.0 Å². The van der Waals surface area contributed by atoms with E-state index >= 15 is 0 Å². The van der Waals surface area contributed by atoms with Gasteiger partial charge in [0.15, 0.2) is 0 Å². The van der Waals surface area contributed by atoms with Crippen molar-refractivity contribution in [3.63, 3.8) is 0 Å². The summed E-state index contributed by atoms with van der Waals surface area (Å²) in [6, 6.07) is 5.22. The Morgan fingerprint density at radius 1 is 1.33 bits per heavy atom. The first kappa shape index (κ1) is 16.2. The van der Waals surface area contributed by atoms with E-state index in [0.717, 1.165) is 12.6 Å². The molecule has 0 aliphatic rings. The second kappa shape index (κ2) is 6.74. The predicted molar refractivity (Wildman–Crippen MR) is 83.9 cm³/mol. The molecule has 0 aliphatic carbocycles. The number of thiophene rings is 1. The van der Waals surface area contributed by atoms with Crippen molar-refractivity contribution in [3.05, 3.63) is 45.4 Å². The quantitative estimate of drug-likeness (QED) is 0.840. The Labute approximate surface area is 132 Å². The summed E-state index contributed by atoms with van der Waals surface area (Å²) in [5, 5.41) is 5.02. The first-order chi connectivity index (χ1) is 9.94. The van der Waals surface area contributed by atoms with Crippen molar-refractivity contribution in [2.45, 2.75) is 18.4 Å². The van der Waals surface area contributed by atoms with Crippen LogP contribution in [-0.2, 0) is 16.6 Å². The maximum atomic E-state index is 13.6. The lowest BCUT2D eigenvalue weighted by Crippen LogP contribution is -2.17. The van der Waals surface area contributed by atoms with Gasteiger partial charge < -0.3 is 5.32 Å². The van der Waals surface area contributed by atoms with E-state index in [1.807, 2.05) is 6.92 Å². The monoisotopic (exact) mass is 348 g/mol. The molecule has 8 heteroatoms. The molecule has 1 aromatic heterocycles. The zero-order valence-electron chi connectivity index (χ0n) is 11.2. The summed E-state index contributed by atoms with van der Waals surface area (Å²) in [6.07, 6.45) is 0. The van der Waals surface area contributed by atoms with Crippen LogP contribution in [0.3, 0.4) is 0 Å². The molecule has 0 aliphatic heterocycles. The molecule has 0 radical (unpaired) electrons. The summed E-state index contributed by atoms with van der Waals surface area (Å²) >= 11 is 7.09. The van der Waals surface area contributed by atoms with Crippen LogP contribution in [0.15, 0.2) is 34.5 Å². The Hall–Kier alpha value is -1.15. The van der Waals surface area contributed by atoms with Crippen molar-refractivity contribution in [3.8, 4) is 0 Å². The molecule has 114 valence electrons. The van der Waals surface area contributed by atoms with Crippen molar-refractivity contribution in [1.29, 1.82) is 0 Å². The number of hydrogen-bond acceptors (Lipinski definition) is 4. The van der Waals surface area contributed by atoms with Gasteiger partial charge in [0.05, 0.1) is 5.69 Å². The highest BCUT2D eigenvalue weighted by atomic mass is 35.5. The Bertz CT molecular complexity index is 732. The van der Waals surface area contributed by atoms with Gasteiger partial charge in [0.2, 0.25) is 0 Å². The summed E-state index contributed by atoms with van der Waals surface area (Å²) in [7, 11) is -3.85. The highest BCUT2D eigenvalue weighted by molar-refractivity contribution is 7.93. The van der Waals surface area contributed by atoms with E-state index in [0.29, 0.717) is 11.4 Å². The van der Waals surface area contributed by atoms with E-state index in [4.69, 9.17) is 11.6 Å². The molecule has 0 atom stereocenters. The van der Waals surface area contributed by atoms with Crippen LogP contribution in [0.25, 0.3) is 0 Å². The fraction of sp³-hybridized carbons (Fsp3) is 0.231. The van der Waals surface area contributed by atoms with Crippen molar-refractivity contribution in [1.82, 2.24) is 5.32 Å². The predicted octanol–water partition coefficient (Wildman–Crippen LogP) is 3.45. The van der Waals surface area contributed by atoms with Gasteiger partial charge in [0, 0.05) is 16.4 Å². The van der Waals surface area contributed by atoms with E-state index in [-0.39, 0.29) is 15.6 Å². The minimum absolute atomic E-state index is 0.146. The van der Waals surface area contributed by atoms with Gasteiger partial charge in [-0.15, -0.1) is 11.3 Å². The number of nitrogens with one attached hydrogen (secondary N) is 2. The molecule has 1 aromatic carbocycles. The van der Waals surface area contributed by atoms with Crippen LogP contribution in [-0.4, -0.2) is 15.0 Å². The molecule has 2 aromatic rings. The van der Waals surface area contributed by atoms with Crippen LogP contribution in [0.5, 0.6) is 0 Å². The Balaban J connectivity index is 2.30. The third kappa shape index (κ3) is 3.94. The maximum Gasteiger partial charge on any atom is 0.263 e. The number of benzene rings is 1. The smallest absolute Gasteiger partial charge is 0.263 e. The van der Waals surface area contributed by atoms with E-state index in [1.165, 1.54) is 29.5 Å². The average Bonchev–Trinajstić information content (AvgIpc) is 2.89. The van der Waals surface area contributed by atoms with Crippen LogP contribution < -0.4 is 10.0 Å². The van der Waals surface area contributed by atoms with Gasteiger partial charge in [-0.2, -0.15) is 0 Å². The highest BCUT2D eigenvalue weighted by Crippen LogP contribution is 2.26. The minimum atomic E-state index is -3.85. The second-order valence-electron chi connectivity index (χ2n) is 4.22. The van der Waals surface area contributed by atoms with Crippen molar-refractivity contribution < 1.29 is 12.8 Å². The van der Waals surface area contributed by atoms with Crippen molar-refractivity contribution in [2.75, 3.05) is 11.3 Å². The van der Waals surface area contributed by atoms with Gasteiger partial charge in [0.1, 0.15) is 10.7 Å². The molecule has 0 saturated carbocycles. The third-order valence-corrected chi connectivity index (χ3v) is 5.44. The first-order valence-corrected chi connectivity index (χ1v) is 8.93. The zero-order chi connectivity index (χ0) is 15.5. The Morgan fingerprint density at radius 2 is 2.10 bits per heavy atom. The van der Waals surface area contributed by atoms with E-state index < -0.39 is 15.8 Å². The number of hydrogen-bond donors (Lipinski definition) is 2. The third-order valence-electron chi connectivity index (χ3n) is 2.70. The Kier molecular flexibility index (Phi) is 5.21. The van der Waals surface area contributed by atoms with Crippen LogP contribution in [0.1, 0.15) is 11.8 Å². The summed E-state index contributed by atoms with van der Waals surface area (Å²) in [6.45, 7) is 3.11. The average molecular weight is 349 g/mol. The summed E-state index contributed by atoms with van der Waals surface area (Å²) < 4.78 is 40.6. The second-order valence-corrected chi connectivity index (χ2v) is 7.31. The summed E-state index contributed by atoms with van der Waals surface area (Å²) in [5.74, 6) is -0.675.